The molecule has 1 aromatic rings. The maximum Gasteiger partial charge on any atom is 0.416 e. The standard InChI is InChI=1S/C15H18F3NO/c16-15(17,18)12-3-1-2-10(8-12)9-14(20)11-4-6-13(19)7-5-11/h1-3,8,11,13H,4-7,9,19H2. The molecule has 0 aliphatic heterocycles. The number of hydrogen-bond donors (Lipinski definition) is 1. The third-order valence-electron chi connectivity index (χ3n) is 3.86. The van der Waals surface area contributed by atoms with Gasteiger partial charge in [-0.3, -0.25) is 4.79 Å². The number of nitrogens with two attached hydrogens (primary N) is 1. The molecule has 0 unspecified atom stereocenters. The van der Waals surface area contributed by atoms with Crippen molar-refractivity contribution >= 4 is 5.78 Å². The summed E-state index contributed by atoms with van der Waals surface area (Å²) in [5, 5.41) is 0. The van der Waals surface area contributed by atoms with Crippen molar-refractivity contribution < 1.29 is 18.0 Å². The second-order valence-electron chi connectivity index (χ2n) is 5.45. The van der Waals surface area contributed by atoms with Gasteiger partial charge in [0, 0.05) is 18.4 Å². The predicted molar refractivity (Wildman–Crippen MR) is 70.1 cm³/mol. The number of rotatable bonds is 3. The Morgan fingerprint density at radius 2 is 1.85 bits per heavy atom. The van der Waals surface area contributed by atoms with E-state index in [9.17, 15) is 18.0 Å². The first-order valence-electron chi connectivity index (χ1n) is 6.80. The van der Waals surface area contributed by atoms with Crippen molar-refractivity contribution in [2.24, 2.45) is 11.7 Å². The van der Waals surface area contributed by atoms with Gasteiger partial charge in [0.2, 0.25) is 0 Å². The predicted octanol–water partition coefficient (Wildman–Crippen LogP) is 3.33. The van der Waals surface area contributed by atoms with Crippen molar-refractivity contribution in [2.75, 3.05) is 0 Å². The topological polar surface area (TPSA) is 43.1 Å². The van der Waals surface area contributed by atoms with Crippen molar-refractivity contribution in [3.05, 3.63) is 35.4 Å². The monoisotopic (exact) mass is 285 g/mol. The lowest BCUT2D eigenvalue weighted by atomic mass is 9.82. The Hall–Kier alpha value is -1.36. The van der Waals surface area contributed by atoms with Crippen LogP contribution in [0.2, 0.25) is 0 Å². The van der Waals surface area contributed by atoms with Gasteiger partial charge in [-0.05, 0) is 37.3 Å². The Kier molecular flexibility index (Phi) is 4.48. The molecule has 2 N–H and O–H groups in total. The van der Waals surface area contributed by atoms with Crippen LogP contribution in [0.15, 0.2) is 24.3 Å². The Labute approximate surface area is 116 Å². The zero-order valence-electron chi connectivity index (χ0n) is 11.1. The fraction of sp³-hybridized carbons (Fsp3) is 0.533. The first kappa shape index (κ1) is 15.0. The number of carbonyl (C=O) groups excluding carboxylic acids is 1. The molecule has 1 aliphatic carbocycles. The van der Waals surface area contributed by atoms with E-state index in [0.29, 0.717) is 5.56 Å². The van der Waals surface area contributed by atoms with Crippen LogP contribution in [0.1, 0.15) is 36.8 Å². The van der Waals surface area contributed by atoms with Crippen molar-refractivity contribution in [1.82, 2.24) is 0 Å². The quantitative estimate of drug-likeness (QED) is 0.925. The van der Waals surface area contributed by atoms with Gasteiger partial charge >= 0.3 is 6.18 Å². The molecule has 0 spiro atoms. The molecule has 5 heteroatoms. The van der Waals surface area contributed by atoms with Crippen molar-refractivity contribution in [1.29, 1.82) is 0 Å². The molecule has 1 saturated carbocycles. The van der Waals surface area contributed by atoms with E-state index in [1.165, 1.54) is 6.07 Å². The maximum absolute atomic E-state index is 12.6. The van der Waals surface area contributed by atoms with Gasteiger partial charge in [0.1, 0.15) is 5.78 Å². The van der Waals surface area contributed by atoms with Gasteiger partial charge in [0.25, 0.3) is 0 Å². The van der Waals surface area contributed by atoms with Crippen LogP contribution >= 0.6 is 0 Å². The zero-order valence-corrected chi connectivity index (χ0v) is 11.1. The number of benzene rings is 1. The molecule has 0 atom stereocenters. The van der Waals surface area contributed by atoms with Crippen LogP contribution in [0.3, 0.4) is 0 Å². The summed E-state index contributed by atoms with van der Waals surface area (Å²) in [4.78, 5) is 12.1. The summed E-state index contributed by atoms with van der Waals surface area (Å²) < 4.78 is 37.8. The van der Waals surface area contributed by atoms with Crippen molar-refractivity contribution in [2.45, 2.75) is 44.3 Å². The molecule has 1 aliphatic rings. The summed E-state index contributed by atoms with van der Waals surface area (Å²) in [5.41, 5.74) is 5.51. The fourth-order valence-corrected chi connectivity index (χ4v) is 2.64. The Bertz CT molecular complexity index is 476. The third kappa shape index (κ3) is 3.82. The van der Waals surface area contributed by atoms with E-state index in [0.717, 1.165) is 37.8 Å². The summed E-state index contributed by atoms with van der Waals surface area (Å²) in [5.74, 6) is -0.0273. The molecule has 2 rings (SSSR count). The SMILES string of the molecule is NC1CCC(C(=O)Cc2cccc(C(F)(F)F)c2)CC1. The van der Waals surface area contributed by atoms with Crippen LogP contribution in [-0.4, -0.2) is 11.8 Å². The molecule has 0 bridgehead atoms. The largest absolute Gasteiger partial charge is 0.416 e. The van der Waals surface area contributed by atoms with Gasteiger partial charge in [0.05, 0.1) is 5.56 Å². The second-order valence-corrected chi connectivity index (χ2v) is 5.45. The van der Waals surface area contributed by atoms with Gasteiger partial charge < -0.3 is 5.73 Å². The highest BCUT2D eigenvalue weighted by molar-refractivity contribution is 5.83. The van der Waals surface area contributed by atoms with Gasteiger partial charge in [-0.25, -0.2) is 0 Å². The molecular formula is C15H18F3NO. The molecule has 2 nitrogen and oxygen atoms in total. The molecule has 1 aromatic carbocycles. The molecule has 20 heavy (non-hydrogen) atoms. The van der Waals surface area contributed by atoms with E-state index in [1.807, 2.05) is 0 Å². The second kappa shape index (κ2) is 5.95. The minimum absolute atomic E-state index is 0.0243. The van der Waals surface area contributed by atoms with Gasteiger partial charge in [-0.15, -0.1) is 0 Å². The van der Waals surface area contributed by atoms with E-state index >= 15 is 0 Å². The third-order valence-corrected chi connectivity index (χ3v) is 3.86. The molecule has 0 amide bonds. The maximum atomic E-state index is 12.6. The fourth-order valence-electron chi connectivity index (χ4n) is 2.64. The first-order chi connectivity index (χ1) is 9.36. The Balaban J connectivity index is 2.01. The summed E-state index contributed by atoms with van der Waals surface area (Å²) in [6.07, 6.45) is -1.16. The highest BCUT2D eigenvalue weighted by atomic mass is 19.4. The molecular weight excluding hydrogens is 267 g/mol. The lowest BCUT2D eigenvalue weighted by molar-refractivity contribution is -0.137. The first-order valence-corrected chi connectivity index (χ1v) is 6.80. The zero-order chi connectivity index (χ0) is 14.8. The summed E-state index contributed by atoms with van der Waals surface area (Å²) in [6.45, 7) is 0. The molecule has 0 aromatic heterocycles. The smallest absolute Gasteiger partial charge is 0.328 e. The van der Waals surface area contributed by atoms with E-state index in [-0.39, 0.29) is 24.2 Å². The molecule has 1 fully saturated rings. The van der Waals surface area contributed by atoms with Crippen molar-refractivity contribution in [3.63, 3.8) is 0 Å². The van der Waals surface area contributed by atoms with E-state index < -0.39 is 11.7 Å². The van der Waals surface area contributed by atoms with Gasteiger partial charge in [-0.2, -0.15) is 13.2 Å². The molecule has 0 heterocycles. The molecule has 0 saturated heterocycles. The minimum Gasteiger partial charge on any atom is -0.328 e. The lowest BCUT2D eigenvalue weighted by Crippen LogP contribution is -2.30. The lowest BCUT2D eigenvalue weighted by Gasteiger charge is -2.25. The van der Waals surface area contributed by atoms with Crippen LogP contribution in [0.4, 0.5) is 13.2 Å². The van der Waals surface area contributed by atoms with Crippen LogP contribution < -0.4 is 5.73 Å². The highest BCUT2D eigenvalue weighted by Crippen LogP contribution is 2.30. The highest BCUT2D eigenvalue weighted by Gasteiger charge is 2.31. The van der Waals surface area contributed by atoms with E-state index in [4.69, 9.17) is 5.73 Å². The average molecular weight is 285 g/mol. The minimum atomic E-state index is -4.36. The van der Waals surface area contributed by atoms with Crippen molar-refractivity contribution in [3.8, 4) is 0 Å². The number of halogens is 3. The number of carbonyl (C=O) groups is 1. The molecule has 0 radical (unpaired) electrons. The Morgan fingerprint density at radius 3 is 2.45 bits per heavy atom. The number of alkyl halides is 3. The number of Topliss-reactive ketones (excluding diaryl/α,β-unsaturated/α-hetero) is 1. The van der Waals surface area contributed by atoms with Gasteiger partial charge in [0.15, 0.2) is 0 Å². The van der Waals surface area contributed by atoms with E-state index in [2.05, 4.69) is 0 Å². The number of ketones is 1. The summed E-state index contributed by atoms with van der Waals surface area (Å²) in [7, 11) is 0. The summed E-state index contributed by atoms with van der Waals surface area (Å²) >= 11 is 0. The normalized spacial score (nSPS) is 23.6. The number of hydrogen-bond acceptors (Lipinski definition) is 2. The van der Waals surface area contributed by atoms with Gasteiger partial charge in [-0.1, -0.05) is 18.2 Å². The van der Waals surface area contributed by atoms with Crippen LogP contribution in [0.5, 0.6) is 0 Å². The summed E-state index contributed by atoms with van der Waals surface area (Å²) in [6, 6.07) is 5.16. The average Bonchev–Trinajstić information content (AvgIpc) is 2.38. The van der Waals surface area contributed by atoms with Crippen LogP contribution in [0, 0.1) is 5.92 Å². The molecule has 110 valence electrons. The van der Waals surface area contributed by atoms with Crippen LogP contribution in [0.25, 0.3) is 0 Å². The van der Waals surface area contributed by atoms with E-state index in [1.54, 1.807) is 6.07 Å². The Morgan fingerprint density at radius 1 is 1.20 bits per heavy atom. The van der Waals surface area contributed by atoms with Crippen LogP contribution in [-0.2, 0) is 17.4 Å².